The van der Waals surface area contributed by atoms with Gasteiger partial charge in [0.05, 0.1) is 11.4 Å². The van der Waals surface area contributed by atoms with Gasteiger partial charge in [-0.3, -0.25) is 0 Å². The van der Waals surface area contributed by atoms with Gasteiger partial charge < -0.3 is 11.1 Å². The summed E-state index contributed by atoms with van der Waals surface area (Å²) in [5, 5.41) is 3.57. The second kappa shape index (κ2) is 4.94. The monoisotopic (exact) mass is 314 g/mol. The number of hydrogen-bond donors (Lipinski definition) is 2. The molecule has 0 heterocycles. The van der Waals surface area contributed by atoms with Gasteiger partial charge in [-0.1, -0.05) is 11.6 Å². The van der Waals surface area contributed by atoms with Crippen molar-refractivity contribution in [2.75, 3.05) is 11.1 Å². The standard InChI is InChI=1S/C12H9BrClFN2/c13-9-5-7(14)1-3-11(9)17-12-4-2-8(16)6-10(12)15/h1-6,17H,16H2. The Balaban J connectivity index is 2.31. The fraction of sp³-hybridized carbons (Fsp3) is 0. The molecule has 2 nitrogen and oxygen atoms in total. The molecule has 5 heteroatoms. The third-order valence-corrected chi connectivity index (χ3v) is 3.08. The lowest BCUT2D eigenvalue weighted by Gasteiger charge is -2.10. The van der Waals surface area contributed by atoms with E-state index >= 15 is 0 Å². The maximum absolute atomic E-state index is 13.6. The van der Waals surface area contributed by atoms with Crippen LogP contribution in [0.2, 0.25) is 5.02 Å². The van der Waals surface area contributed by atoms with Crippen LogP contribution in [-0.4, -0.2) is 0 Å². The molecule has 0 bridgehead atoms. The number of nitrogens with two attached hydrogens (primary N) is 1. The lowest BCUT2D eigenvalue weighted by molar-refractivity contribution is 0.632. The van der Waals surface area contributed by atoms with E-state index < -0.39 is 5.82 Å². The minimum atomic E-state index is -0.396. The zero-order chi connectivity index (χ0) is 12.4. The number of benzene rings is 2. The van der Waals surface area contributed by atoms with Gasteiger partial charge in [-0.15, -0.1) is 0 Å². The molecule has 0 aliphatic rings. The molecule has 2 aromatic carbocycles. The van der Waals surface area contributed by atoms with Crippen molar-refractivity contribution in [2.24, 2.45) is 0 Å². The zero-order valence-electron chi connectivity index (χ0n) is 8.68. The van der Waals surface area contributed by atoms with Crippen molar-refractivity contribution in [3.63, 3.8) is 0 Å². The van der Waals surface area contributed by atoms with Crippen LogP contribution in [0.5, 0.6) is 0 Å². The quantitative estimate of drug-likeness (QED) is 0.797. The molecular formula is C12H9BrClFN2. The molecular weight excluding hydrogens is 307 g/mol. The average Bonchev–Trinajstić information content (AvgIpc) is 2.25. The van der Waals surface area contributed by atoms with Crippen LogP contribution >= 0.6 is 27.5 Å². The summed E-state index contributed by atoms with van der Waals surface area (Å²) in [5.41, 5.74) is 6.97. The lowest BCUT2D eigenvalue weighted by atomic mass is 10.2. The van der Waals surface area contributed by atoms with Crippen LogP contribution < -0.4 is 11.1 Å². The first kappa shape index (κ1) is 12.2. The fourth-order valence-electron chi connectivity index (χ4n) is 1.37. The van der Waals surface area contributed by atoms with Crippen LogP contribution in [0.15, 0.2) is 40.9 Å². The fourth-order valence-corrected chi connectivity index (χ4v) is 2.15. The van der Waals surface area contributed by atoms with E-state index in [0.29, 0.717) is 16.4 Å². The van der Waals surface area contributed by atoms with E-state index in [-0.39, 0.29) is 0 Å². The number of anilines is 3. The molecule has 0 aliphatic heterocycles. The molecule has 88 valence electrons. The average molecular weight is 316 g/mol. The van der Waals surface area contributed by atoms with Crippen LogP contribution in [0.25, 0.3) is 0 Å². The van der Waals surface area contributed by atoms with Crippen LogP contribution in [0.4, 0.5) is 21.5 Å². The van der Waals surface area contributed by atoms with Crippen LogP contribution in [0.1, 0.15) is 0 Å². The second-order valence-electron chi connectivity index (χ2n) is 3.49. The summed E-state index contributed by atoms with van der Waals surface area (Å²) in [4.78, 5) is 0. The van der Waals surface area contributed by atoms with Gasteiger partial charge in [-0.05, 0) is 52.3 Å². The summed E-state index contributed by atoms with van der Waals surface area (Å²) >= 11 is 9.17. The molecule has 2 rings (SSSR count). The van der Waals surface area contributed by atoms with Gasteiger partial charge in [0.1, 0.15) is 5.82 Å². The molecule has 0 atom stereocenters. The van der Waals surface area contributed by atoms with Gasteiger partial charge >= 0.3 is 0 Å². The van der Waals surface area contributed by atoms with Crippen LogP contribution in [0.3, 0.4) is 0 Å². The van der Waals surface area contributed by atoms with Crippen molar-refractivity contribution in [3.05, 3.63) is 51.7 Å². The molecule has 0 amide bonds. The largest absolute Gasteiger partial charge is 0.399 e. The smallest absolute Gasteiger partial charge is 0.148 e. The summed E-state index contributed by atoms with van der Waals surface area (Å²) in [5.74, 6) is -0.396. The van der Waals surface area contributed by atoms with Crippen molar-refractivity contribution in [2.45, 2.75) is 0 Å². The van der Waals surface area contributed by atoms with Gasteiger partial charge in [0.15, 0.2) is 0 Å². The van der Waals surface area contributed by atoms with Gasteiger partial charge in [0, 0.05) is 15.2 Å². The Kier molecular flexibility index (Phi) is 3.54. The highest BCUT2D eigenvalue weighted by atomic mass is 79.9. The number of nitrogens with one attached hydrogen (secondary N) is 1. The highest BCUT2D eigenvalue weighted by Gasteiger charge is 2.05. The van der Waals surface area contributed by atoms with E-state index in [1.165, 1.54) is 6.07 Å². The summed E-state index contributed by atoms with van der Waals surface area (Å²) in [7, 11) is 0. The third-order valence-electron chi connectivity index (χ3n) is 2.19. The normalized spacial score (nSPS) is 10.3. The minimum absolute atomic E-state index is 0.363. The molecule has 0 saturated carbocycles. The summed E-state index contributed by atoms with van der Waals surface area (Å²) < 4.78 is 14.3. The first-order valence-corrected chi connectivity index (χ1v) is 6.00. The Hall–Kier alpha value is -1.26. The van der Waals surface area contributed by atoms with E-state index in [4.69, 9.17) is 17.3 Å². The van der Waals surface area contributed by atoms with Crippen molar-refractivity contribution < 1.29 is 4.39 Å². The Morgan fingerprint density at radius 3 is 2.47 bits per heavy atom. The Morgan fingerprint density at radius 1 is 1.12 bits per heavy atom. The Bertz CT molecular complexity index is 511. The topological polar surface area (TPSA) is 38.0 Å². The van der Waals surface area contributed by atoms with Gasteiger partial charge in [-0.25, -0.2) is 4.39 Å². The number of halogens is 3. The minimum Gasteiger partial charge on any atom is -0.399 e. The van der Waals surface area contributed by atoms with Gasteiger partial charge in [0.2, 0.25) is 0 Å². The molecule has 0 unspecified atom stereocenters. The maximum atomic E-state index is 13.6. The number of hydrogen-bond acceptors (Lipinski definition) is 2. The SMILES string of the molecule is Nc1ccc(Nc2ccc(Cl)cc2Br)c(F)c1. The van der Waals surface area contributed by atoms with Crippen molar-refractivity contribution in [3.8, 4) is 0 Å². The van der Waals surface area contributed by atoms with Crippen molar-refractivity contribution >= 4 is 44.6 Å². The van der Waals surface area contributed by atoms with Gasteiger partial charge in [0.25, 0.3) is 0 Å². The Morgan fingerprint density at radius 2 is 1.82 bits per heavy atom. The molecule has 0 aliphatic carbocycles. The van der Waals surface area contributed by atoms with Gasteiger partial charge in [-0.2, -0.15) is 0 Å². The maximum Gasteiger partial charge on any atom is 0.148 e. The first-order valence-electron chi connectivity index (χ1n) is 4.83. The summed E-state index contributed by atoms with van der Waals surface area (Å²) in [6.07, 6.45) is 0. The number of nitrogen functional groups attached to an aromatic ring is 1. The van der Waals surface area contributed by atoms with E-state index in [1.807, 2.05) is 0 Å². The molecule has 3 N–H and O–H groups in total. The highest BCUT2D eigenvalue weighted by Crippen LogP contribution is 2.29. The predicted octanol–water partition coefficient (Wildman–Crippen LogP) is 4.57. The van der Waals surface area contributed by atoms with Crippen LogP contribution in [0, 0.1) is 5.82 Å². The molecule has 2 aromatic rings. The third kappa shape index (κ3) is 2.90. The number of rotatable bonds is 2. The molecule has 17 heavy (non-hydrogen) atoms. The molecule has 0 fully saturated rings. The lowest BCUT2D eigenvalue weighted by Crippen LogP contribution is -1.96. The van der Waals surface area contributed by atoms with Crippen molar-refractivity contribution in [1.29, 1.82) is 0 Å². The summed E-state index contributed by atoms with van der Waals surface area (Å²) in [6.45, 7) is 0. The molecule has 0 saturated heterocycles. The highest BCUT2D eigenvalue weighted by molar-refractivity contribution is 9.10. The molecule has 0 spiro atoms. The van der Waals surface area contributed by atoms with Crippen LogP contribution in [-0.2, 0) is 0 Å². The first-order chi connectivity index (χ1) is 8.06. The zero-order valence-corrected chi connectivity index (χ0v) is 11.0. The van der Waals surface area contributed by atoms with Crippen molar-refractivity contribution in [1.82, 2.24) is 0 Å². The second-order valence-corrected chi connectivity index (χ2v) is 4.78. The van der Waals surface area contributed by atoms with E-state index in [2.05, 4.69) is 21.2 Å². The predicted molar refractivity (Wildman–Crippen MR) is 73.2 cm³/mol. The Labute approximate surface area is 112 Å². The van der Waals surface area contributed by atoms with E-state index in [9.17, 15) is 4.39 Å². The molecule has 0 aromatic heterocycles. The van der Waals surface area contributed by atoms with E-state index in [1.54, 1.807) is 30.3 Å². The summed E-state index contributed by atoms with van der Waals surface area (Å²) in [6, 6.07) is 9.72. The molecule has 0 radical (unpaired) electrons. The van der Waals surface area contributed by atoms with E-state index in [0.717, 1.165) is 10.2 Å².